The van der Waals surface area contributed by atoms with E-state index < -0.39 is 15.9 Å². The second kappa shape index (κ2) is 6.73. The Bertz CT molecular complexity index is 763. The van der Waals surface area contributed by atoms with Crippen molar-refractivity contribution in [3.63, 3.8) is 0 Å². The zero-order valence-electron chi connectivity index (χ0n) is 12.6. The second-order valence-corrected chi connectivity index (χ2v) is 7.24. The van der Waals surface area contributed by atoms with E-state index in [0.29, 0.717) is 0 Å². The molecule has 0 saturated carbocycles. The lowest BCUT2D eigenvalue weighted by Crippen LogP contribution is -2.30. The van der Waals surface area contributed by atoms with Crippen LogP contribution in [0.3, 0.4) is 0 Å². The molecule has 0 aliphatic rings. The first-order valence-corrected chi connectivity index (χ1v) is 8.36. The molecule has 1 atom stereocenters. The molecule has 4 nitrogen and oxygen atoms in total. The van der Waals surface area contributed by atoms with Crippen molar-refractivity contribution < 1.29 is 8.42 Å². The van der Waals surface area contributed by atoms with Gasteiger partial charge in [0.15, 0.2) is 0 Å². The fraction of sp³-hybridized carbons (Fsp3) is 0.235. The SMILES string of the molecule is Cc1ccc(S(=O)(=O)N(C)CC(C#N)c2ccccc2)cc1. The van der Waals surface area contributed by atoms with Crippen molar-refractivity contribution in [2.24, 2.45) is 0 Å². The van der Waals surface area contributed by atoms with Gasteiger partial charge in [-0.1, -0.05) is 48.0 Å². The number of likely N-dealkylation sites (N-methyl/N-ethyl adjacent to an activating group) is 1. The Morgan fingerprint density at radius 1 is 1.09 bits per heavy atom. The highest BCUT2D eigenvalue weighted by atomic mass is 32.2. The summed E-state index contributed by atoms with van der Waals surface area (Å²) in [5.41, 5.74) is 1.82. The normalized spacial score (nSPS) is 12.8. The fourth-order valence-electron chi connectivity index (χ4n) is 2.15. The standard InChI is InChI=1S/C17H18N2O2S/c1-14-8-10-17(11-9-14)22(20,21)19(2)13-16(12-18)15-6-4-3-5-7-15/h3-11,16H,13H2,1-2H3. The number of nitriles is 1. The molecule has 0 spiro atoms. The molecule has 0 aliphatic carbocycles. The van der Waals surface area contributed by atoms with E-state index in [1.54, 1.807) is 24.3 Å². The van der Waals surface area contributed by atoms with Gasteiger partial charge in [0, 0.05) is 13.6 Å². The van der Waals surface area contributed by atoms with E-state index in [4.69, 9.17) is 0 Å². The van der Waals surface area contributed by atoms with Gasteiger partial charge >= 0.3 is 0 Å². The van der Waals surface area contributed by atoms with Crippen LogP contribution in [-0.4, -0.2) is 26.3 Å². The van der Waals surface area contributed by atoms with Crippen molar-refractivity contribution in [1.82, 2.24) is 4.31 Å². The predicted octanol–water partition coefficient (Wildman–Crippen LogP) is 2.92. The van der Waals surface area contributed by atoms with Crippen molar-refractivity contribution in [2.75, 3.05) is 13.6 Å². The molecule has 0 heterocycles. The molecular formula is C17H18N2O2S. The minimum absolute atomic E-state index is 0.122. The van der Waals surface area contributed by atoms with Crippen LogP contribution < -0.4 is 0 Å². The van der Waals surface area contributed by atoms with Gasteiger partial charge in [-0.15, -0.1) is 0 Å². The largest absolute Gasteiger partial charge is 0.242 e. The van der Waals surface area contributed by atoms with E-state index in [1.165, 1.54) is 11.4 Å². The van der Waals surface area contributed by atoms with Gasteiger partial charge in [-0.05, 0) is 24.6 Å². The minimum atomic E-state index is -3.59. The number of hydrogen-bond acceptors (Lipinski definition) is 3. The lowest BCUT2D eigenvalue weighted by Gasteiger charge is -2.20. The molecule has 0 N–H and O–H groups in total. The Kier molecular flexibility index (Phi) is 4.96. The average Bonchev–Trinajstić information content (AvgIpc) is 2.53. The summed E-state index contributed by atoms with van der Waals surface area (Å²) in [5, 5.41) is 9.33. The topological polar surface area (TPSA) is 61.2 Å². The van der Waals surface area contributed by atoms with E-state index in [2.05, 4.69) is 6.07 Å². The summed E-state index contributed by atoms with van der Waals surface area (Å²) in [5.74, 6) is -0.494. The van der Waals surface area contributed by atoms with Crippen LogP contribution in [0.25, 0.3) is 0 Å². The first-order chi connectivity index (χ1) is 10.4. The van der Waals surface area contributed by atoms with Crippen molar-refractivity contribution >= 4 is 10.0 Å². The quantitative estimate of drug-likeness (QED) is 0.852. The van der Waals surface area contributed by atoms with Crippen LogP contribution in [0.15, 0.2) is 59.5 Å². The molecule has 114 valence electrons. The molecule has 0 radical (unpaired) electrons. The first kappa shape index (κ1) is 16.2. The van der Waals surface area contributed by atoms with Crippen LogP contribution in [0.1, 0.15) is 17.0 Å². The number of aryl methyl sites for hydroxylation is 1. The van der Waals surface area contributed by atoms with E-state index in [-0.39, 0.29) is 11.4 Å². The first-order valence-electron chi connectivity index (χ1n) is 6.92. The zero-order valence-corrected chi connectivity index (χ0v) is 13.4. The van der Waals surface area contributed by atoms with Crippen LogP contribution in [0.4, 0.5) is 0 Å². The van der Waals surface area contributed by atoms with E-state index in [9.17, 15) is 13.7 Å². The van der Waals surface area contributed by atoms with Crippen LogP contribution in [0.5, 0.6) is 0 Å². The van der Waals surface area contributed by atoms with Gasteiger partial charge in [0.1, 0.15) is 0 Å². The summed E-state index contributed by atoms with van der Waals surface area (Å²) in [6, 6.07) is 18.1. The molecule has 0 amide bonds. The van der Waals surface area contributed by atoms with E-state index >= 15 is 0 Å². The third kappa shape index (κ3) is 3.53. The van der Waals surface area contributed by atoms with Crippen molar-refractivity contribution in [3.05, 3.63) is 65.7 Å². The number of rotatable bonds is 5. The average molecular weight is 314 g/mol. The zero-order chi connectivity index (χ0) is 16.2. The molecule has 0 saturated heterocycles. The smallest absolute Gasteiger partial charge is 0.207 e. The Labute approximate surface area is 131 Å². The Balaban J connectivity index is 2.22. The maximum atomic E-state index is 12.5. The van der Waals surface area contributed by atoms with Crippen LogP contribution in [0, 0.1) is 18.3 Å². The highest BCUT2D eigenvalue weighted by molar-refractivity contribution is 7.89. The van der Waals surface area contributed by atoms with Gasteiger partial charge in [0.05, 0.1) is 16.9 Å². The third-order valence-electron chi connectivity index (χ3n) is 3.53. The summed E-state index contributed by atoms with van der Waals surface area (Å²) in [6.07, 6.45) is 0. The molecule has 5 heteroatoms. The molecule has 0 aromatic heterocycles. The molecular weight excluding hydrogens is 296 g/mol. The molecule has 22 heavy (non-hydrogen) atoms. The lowest BCUT2D eigenvalue weighted by atomic mass is 10.0. The van der Waals surface area contributed by atoms with Gasteiger partial charge in [-0.2, -0.15) is 9.57 Å². The summed E-state index contributed by atoms with van der Waals surface area (Å²) in [4.78, 5) is 0.241. The molecule has 2 aromatic carbocycles. The number of hydrogen-bond donors (Lipinski definition) is 0. The molecule has 0 aliphatic heterocycles. The Morgan fingerprint density at radius 2 is 1.68 bits per heavy atom. The summed E-state index contributed by atoms with van der Waals surface area (Å²) in [6.45, 7) is 2.03. The lowest BCUT2D eigenvalue weighted by molar-refractivity contribution is 0.460. The van der Waals surface area contributed by atoms with Gasteiger partial charge in [-0.3, -0.25) is 0 Å². The van der Waals surface area contributed by atoms with Crippen molar-refractivity contribution in [2.45, 2.75) is 17.7 Å². The highest BCUT2D eigenvalue weighted by Gasteiger charge is 2.24. The van der Waals surface area contributed by atoms with Crippen LogP contribution in [0.2, 0.25) is 0 Å². The molecule has 2 aromatic rings. The highest BCUT2D eigenvalue weighted by Crippen LogP contribution is 2.20. The molecule has 0 fully saturated rings. The Morgan fingerprint density at radius 3 is 2.23 bits per heavy atom. The van der Waals surface area contributed by atoms with E-state index in [0.717, 1.165) is 11.1 Å². The van der Waals surface area contributed by atoms with Crippen LogP contribution in [-0.2, 0) is 10.0 Å². The number of nitrogens with zero attached hydrogens (tertiary/aromatic N) is 2. The summed E-state index contributed by atoms with van der Waals surface area (Å²) in [7, 11) is -2.08. The van der Waals surface area contributed by atoms with E-state index in [1.807, 2.05) is 37.3 Å². The number of benzene rings is 2. The maximum absolute atomic E-state index is 12.5. The molecule has 0 bridgehead atoms. The molecule has 1 unspecified atom stereocenters. The van der Waals surface area contributed by atoms with Gasteiger partial charge in [-0.25, -0.2) is 8.42 Å². The van der Waals surface area contributed by atoms with Crippen LogP contribution >= 0.6 is 0 Å². The third-order valence-corrected chi connectivity index (χ3v) is 5.36. The molecule has 2 rings (SSSR count). The van der Waals surface area contributed by atoms with Crippen molar-refractivity contribution in [1.29, 1.82) is 5.26 Å². The van der Waals surface area contributed by atoms with Gasteiger partial charge in [0.25, 0.3) is 0 Å². The predicted molar refractivity (Wildman–Crippen MR) is 85.8 cm³/mol. The summed E-state index contributed by atoms with van der Waals surface area (Å²) >= 11 is 0. The number of sulfonamides is 1. The summed E-state index contributed by atoms with van der Waals surface area (Å²) < 4.78 is 26.3. The fourth-order valence-corrected chi connectivity index (χ4v) is 3.34. The monoisotopic (exact) mass is 314 g/mol. The van der Waals surface area contributed by atoms with Gasteiger partial charge in [0.2, 0.25) is 10.0 Å². The minimum Gasteiger partial charge on any atom is -0.207 e. The van der Waals surface area contributed by atoms with Gasteiger partial charge < -0.3 is 0 Å². The Hall–Kier alpha value is -2.16. The second-order valence-electron chi connectivity index (χ2n) is 5.19. The maximum Gasteiger partial charge on any atom is 0.242 e. The van der Waals surface area contributed by atoms with Crippen molar-refractivity contribution in [3.8, 4) is 6.07 Å².